The van der Waals surface area contributed by atoms with Crippen molar-refractivity contribution >= 4 is 33.5 Å². The average Bonchev–Trinajstić information content (AvgIpc) is 2.98. The van der Waals surface area contributed by atoms with E-state index in [0.29, 0.717) is 65.2 Å². The zero-order valence-electron chi connectivity index (χ0n) is 22.2. The molecular formula is C29H26N6O5. The minimum absolute atomic E-state index is 0.0782. The van der Waals surface area contributed by atoms with Gasteiger partial charge in [0, 0.05) is 79.3 Å². The summed E-state index contributed by atoms with van der Waals surface area (Å²) in [6, 6.07) is 8.48. The lowest BCUT2D eigenvalue weighted by molar-refractivity contribution is 0.0690. The molecule has 0 aliphatic carbocycles. The van der Waals surface area contributed by atoms with Crippen LogP contribution in [0.4, 0.5) is 5.82 Å². The van der Waals surface area contributed by atoms with Crippen LogP contribution in [0.1, 0.15) is 16.1 Å². The van der Waals surface area contributed by atoms with Gasteiger partial charge in [0.1, 0.15) is 11.5 Å². The molecule has 11 nitrogen and oxygen atoms in total. The van der Waals surface area contributed by atoms with Gasteiger partial charge in [0.25, 0.3) is 11.1 Å². The van der Waals surface area contributed by atoms with Crippen molar-refractivity contribution in [1.29, 1.82) is 0 Å². The Labute approximate surface area is 227 Å². The monoisotopic (exact) mass is 538 g/mol. The van der Waals surface area contributed by atoms with Gasteiger partial charge in [0.2, 0.25) is 0 Å². The first kappa shape index (κ1) is 25.4. The van der Waals surface area contributed by atoms with E-state index in [-0.39, 0.29) is 16.8 Å². The van der Waals surface area contributed by atoms with E-state index in [2.05, 4.69) is 14.9 Å². The summed E-state index contributed by atoms with van der Waals surface area (Å²) in [4.78, 5) is 53.2. The smallest absolute Gasteiger partial charge is 0.354 e. The molecule has 6 rings (SSSR count). The van der Waals surface area contributed by atoms with Gasteiger partial charge in [0.15, 0.2) is 0 Å². The van der Waals surface area contributed by atoms with E-state index < -0.39 is 5.97 Å². The molecule has 0 saturated carbocycles. The molecule has 1 N–H and O–H groups in total. The molecule has 202 valence electrons. The number of carboxylic acid groups (broad SMARTS) is 1. The zero-order chi connectivity index (χ0) is 28.1. The molecule has 1 fully saturated rings. The van der Waals surface area contributed by atoms with Crippen LogP contribution in [0.2, 0.25) is 0 Å². The highest BCUT2D eigenvalue weighted by Crippen LogP contribution is 2.34. The predicted octanol–water partition coefficient (Wildman–Crippen LogP) is 2.75. The lowest BCUT2D eigenvalue weighted by Crippen LogP contribution is -2.37. The van der Waals surface area contributed by atoms with E-state index in [4.69, 9.17) is 14.8 Å². The van der Waals surface area contributed by atoms with Crippen LogP contribution in [0.15, 0.2) is 58.5 Å². The van der Waals surface area contributed by atoms with E-state index in [1.165, 1.54) is 16.8 Å². The number of rotatable bonds is 4. The molecular weight excluding hydrogens is 512 g/mol. The fraction of sp³-hybridized carbons (Fsp3) is 0.241. The quantitative estimate of drug-likeness (QED) is 0.367. The maximum absolute atomic E-state index is 13.3. The highest BCUT2D eigenvalue weighted by Gasteiger charge is 2.21. The van der Waals surface area contributed by atoms with Gasteiger partial charge in [0.05, 0.1) is 35.5 Å². The van der Waals surface area contributed by atoms with Crippen LogP contribution >= 0.6 is 0 Å². The first-order chi connectivity index (χ1) is 19.2. The molecule has 0 spiro atoms. The Morgan fingerprint density at radius 3 is 2.42 bits per heavy atom. The number of aromatic carboxylic acids is 1. The Kier molecular flexibility index (Phi) is 6.15. The predicted molar refractivity (Wildman–Crippen MR) is 151 cm³/mol. The number of nitrogens with zero attached hydrogens (tertiary/aromatic N) is 6. The number of ether oxygens (including phenoxy) is 1. The van der Waals surface area contributed by atoms with Gasteiger partial charge in [-0.05, 0) is 31.2 Å². The van der Waals surface area contributed by atoms with Gasteiger partial charge < -0.3 is 23.9 Å². The van der Waals surface area contributed by atoms with E-state index in [1.54, 1.807) is 50.1 Å². The molecule has 1 aliphatic heterocycles. The van der Waals surface area contributed by atoms with E-state index in [1.807, 2.05) is 12.1 Å². The van der Waals surface area contributed by atoms with Crippen molar-refractivity contribution in [3.8, 4) is 22.5 Å². The molecule has 0 atom stereocenters. The van der Waals surface area contributed by atoms with Crippen molar-refractivity contribution in [3.05, 3.63) is 80.9 Å². The van der Waals surface area contributed by atoms with E-state index in [0.717, 1.165) is 16.7 Å². The minimum atomic E-state index is -1.12. The number of aryl methyl sites for hydroxylation is 3. The second-order valence-electron chi connectivity index (χ2n) is 9.86. The zero-order valence-corrected chi connectivity index (χ0v) is 22.2. The number of carbonyl (C=O) groups is 1. The van der Waals surface area contributed by atoms with Crippen molar-refractivity contribution in [2.24, 2.45) is 14.1 Å². The maximum atomic E-state index is 13.3. The summed E-state index contributed by atoms with van der Waals surface area (Å²) >= 11 is 0. The van der Waals surface area contributed by atoms with E-state index in [9.17, 15) is 14.4 Å². The van der Waals surface area contributed by atoms with Crippen LogP contribution in [-0.4, -0.2) is 61.5 Å². The highest BCUT2D eigenvalue weighted by atomic mass is 16.5. The van der Waals surface area contributed by atoms with Crippen LogP contribution in [0.25, 0.3) is 44.2 Å². The van der Waals surface area contributed by atoms with Crippen LogP contribution in [0.3, 0.4) is 0 Å². The molecule has 5 aromatic heterocycles. The molecule has 0 amide bonds. The Bertz CT molecular complexity index is 1940. The molecule has 40 heavy (non-hydrogen) atoms. The van der Waals surface area contributed by atoms with Crippen molar-refractivity contribution in [1.82, 2.24) is 24.1 Å². The number of anilines is 1. The minimum Gasteiger partial charge on any atom is -0.477 e. The summed E-state index contributed by atoms with van der Waals surface area (Å²) in [6.45, 7) is 4.29. The van der Waals surface area contributed by atoms with Crippen molar-refractivity contribution in [2.75, 3.05) is 31.2 Å². The Hall–Kier alpha value is -4.90. The normalized spacial score (nSPS) is 13.7. The summed E-state index contributed by atoms with van der Waals surface area (Å²) in [5.74, 6) is -0.399. The Balaban J connectivity index is 1.61. The molecule has 0 aromatic carbocycles. The van der Waals surface area contributed by atoms with Gasteiger partial charge in [-0.2, -0.15) is 0 Å². The maximum Gasteiger partial charge on any atom is 0.354 e. The summed E-state index contributed by atoms with van der Waals surface area (Å²) in [6.07, 6.45) is 4.81. The molecule has 1 saturated heterocycles. The standard InChI is InChI=1S/C29H26N6O5/c1-16-10-19-24(34(3)27(16)36)12-25(35-6-8-40-9-7-35)32-26(19)21-15-33(2)28(37)18-11-23(31-14-20(18)21)17-4-5-22(29(38)39)30-13-17/h4-5,10-15H,6-9H2,1-3H3,(H,38,39). The van der Waals surface area contributed by atoms with Gasteiger partial charge >= 0.3 is 5.97 Å². The Morgan fingerprint density at radius 2 is 1.73 bits per heavy atom. The van der Waals surface area contributed by atoms with Crippen molar-refractivity contribution < 1.29 is 14.6 Å². The van der Waals surface area contributed by atoms with Gasteiger partial charge in [-0.15, -0.1) is 0 Å². The number of pyridine rings is 5. The number of hydrogen-bond acceptors (Lipinski definition) is 8. The first-order valence-electron chi connectivity index (χ1n) is 12.8. The summed E-state index contributed by atoms with van der Waals surface area (Å²) in [5, 5.41) is 11.0. The molecule has 11 heteroatoms. The lowest BCUT2D eigenvalue weighted by atomic mass is 10.0. The molecule has 0 unspecified atom stereocenters. The fourth-order valence-electron chi connectivity index (χ4n) is 5.14. The summed E-state index contributed by atoms with van der Waals surface area (Å²) < 4.78 is 8.67. The molecule has 0 radical (unpaired) electrons. The van der Waals surface area contributed by atoms with Crippen molar-refractivity contribution in [3.63, 3.8) is 0 Å². The lowest BCUT2D eigenvalue weighted by Gasteiger charge is -2.29. The number of aromatic nitrogens is 5. The van der Waals surface area contributed by atoms with Crippen LogP contribution in [0, 0.1) is 6.92 Å². The third-order valence-electron chi connectivity index (χ3n) is 7.32. The van der Waals surface area contributed by atoms with Crippen LogP contribution < -0.4 is 16.0 Å². The number of hydrogen-bond donors (Lipinski definition) is 1. The topological polar surface area (TPSA) is 132 Å². The molecule has 6 heterocycles. The molecule has 5 aromatic rings. The van der Waals surface area contributed by atoms with Gasteiger partial charge in [-0.25, -0.2) is 14.8 Å². The first-order valence-corrected chi connectivity index (χ1v) is 12.8. The fourth-order valence-corrected chi connectivity index (χ4v) is 5.14. The van der Waals surface area contributed by atoms with Crippen LogP contribution in [0.5, 0.6) is 0 Å². The Morgan fingerprint density at radius 1 is 0.950 bits per heavy atom. The SMILES string of the molecule is Cc1cc2c(-c3cn(C)c(=O)c4cc(-c5ccc(C(=O)O)nc5)ncc34)nc(N3CCOCC3)cc2n(C)c1=O. The second kappa shape index (κ2) is 9.69. The molecule has 1 aliphatic rings. The second-order valence-corrected chi connectivity index (χ2v) is 9.86. The third kappa shape index (κ3) is 4.20. The number of carboxylic acids is 1. The average molecular weight is 539 g/mol. The summed E-state index contributed by atoms with van der Waals surface area (Å²) in [5.41, 5.74) is 3.36. The van der Waals surface area contributed by atoms with Crippen LogP contribution in [-0.2, 0) is 18.8 Å². The largest absolute Gasteiger partial charge is 0.477 e. The number of morpholine rings is 1. The third-order valence-corrected chi connectivity index (χ3v) is 7.32. The number of fused-ring (bicyclic) bond motifs is 2. The molecule has 0 bridgehead atoms. The van der Waals surface area contributed by atoms with Gasteiger partial charge in [-0.1, -0.05) is 0 Å². The summed E-state index contributed by atoms with van der Waals surface area (Å²) in [7, 11) is 3.44. The van der Waals surface area contributed by atoms with Gasteiger partial charge in [-0.3, -0.25) is 14.6 Å². The van der Waals surface area contributed by atoms with Crippen molar-refractivity contribution in [2.45, 2.75) is 6.92 Å². The highest BCUT2D eigenvalue weighted by molar-refractivity contribution is 6.04. The van der Waals surface area contributed by atoms with E-state index >= 15 is 0 Å².